The van der Waals surface area contributed by atoms with Crippen LogP contribution >= 0.6 is 0 Å². The fourth-order valence-electron chi connectivity index (χ4n) is 2.37. The van der Waals surface area contributed by atoms with E-state index >= 15 is 0 Å². The number of allylic oxidation sites excluding steroid dienone is 2. The fourth-order valence-corrected chi connectivity index (χ4v) is 2.37. The summed E-state index contributed by atoms with van der Waals surface area (Å²) in [6.45, 7) is 1.86. The largest absolute Gasteiger partial charge is 0.352 e. The second-order valence-corrected chi connectivity index (χ2v) is 4.69. The number of anilines is 1. The molecule has 0 bridgehead atoms. The Morgan fingerprint density at radius 3 is 2.05 bits per heavy atom. The lowest BCUT2D eigenvalue weighted by atomic mass is 9.87. The van der Waals surface area contributed by atoms with Crippen LogP contribution in [0.5, 0.6) is 0 Å². The minimum absolute atomic E-state index is 0.361. The lowest BCUT2D eigenvalue weighted by Gasteiger charge is -2.20. The zero-order valence-corrected chi connectivity index (χ0v) is 11.0. The Morgan fingerprint density at radius 1 is 0.750 bits per heavy atom. The number of rotatable bonds is 2. The smallest absolute Gasteiger partial charge is 0.249 e. The lowest BCUT2D eigenvalue weighted by molar-refractivity contribution is -0.111. The van der Waals surface area contributed by atoms with Crippen molar-refractivity contribution < 1.29 is 9.59 Å². The summed E-state index contributed by atoms with van der Waals surface area (Å²) in [6, 6.07) is 16.6. The predicted molar refractivity (Wildman–Crippen MR) is 78.4 cm³/mol. The highest BCUT2D eigenvalue weighted by molar-refractivity contribution is 6.52. The first-order valence-electron chi connectivity index (χ1n) is 6.40. The molecule has 0 radical (unpaired) electrons. The third-order valence-electron chi connectivity index (χ3n) is 3.43. The van der Waals surface area contributed by atoms with Crippen LogP contribution in [0, 0.1) is 0 Å². The van der Waals surface area contributed by atoms with E-state index in [1.165, 1.54) is 0 Å². The summed E-state index contributed by atoms with van der Waals surface area (Å²) in [6.07, 6.45) is 0. The molecule has 0 spiro atoms. The second-order valence-electron chi connectivity index (χ2n) is 4.69. The molecular weight excluding hydrogens is 250 g/mol. The molecular formula is C17H13NO2. The fraction of sp³-hybridized carbons (Fsp3) is 0.0588. The number of carbonyl (C=O) groups is 2. The highest BCUT2D eigenvalue weighted by Crippen LogP contribution is 2.29. The van der Waals surface area contributed by atoms with Crippen LogP contribution in [0.25, 0.3) is 5.57 Å². The first-order chi connectivity index (χ1) is 9.68. The van der Waals surface area contributed by atoms with Gasteiger partial charge >= 0.3 is 0 Å². The molecule has 2 aromatic carbocycles. The van der Waals surface area contributed by atoms with E-state index in [-0.39, 0.29) is 0 Å². The number of benzene rings is 2. The maximum Gasteiger partial charge on any atom is 0.249 e. The molecule has 3 heteroatoms. The van der Waals surface area contributed by atoms with Crippen molar-refractivity contribution >= 4 is 22.8 Å². The Balaban J connectivity index is 2.10. The number of para-hydroxylation sites is 1. The minimum atomic E-state index is -0.481. The normalized spacial score (nSPS) is 14.2. The molecule has 0 saturated carbocycles. The quantitative estimate of drug-likeness (QED) is 0.846. The molecule has 0 atom stereocenters. The van der Waals surface area contributed by atoms with Crippen molar-refractivity contribution in [3.63, 3.8) is 0 Å². The summed E-state index contributed by atoms with van der Waals surface area (Å²) in [5.41, 5.74) is 3.25. The van der Waals surface area contributed by atoms with Crippen LogP contribution in [-0.4, -0.2) is 11.6 Å². The monoisotopic (exact) mass is 263 g/mol. The maximum atomic E-state index is 12.2. The summed E-state index contributed by atoms with van der Waals surface area (Å²) < 4.78 is 0. The maximum absolute atomic E-state index is 12.2. The van der Waals surface area contributed by atoms with E-state index in [1.54, 1.807) is 12.1 Å². The SMILES string of the molecule is CC1=C(Nc2ccccc2)C(=O)C(=O)c2ccccc21. The van der Waals surface area contributed by atoms with Crippen LogP contribution in [0.4, 0.5) is 5.69 Å². The van der Waals surface area contributed by atoms with Gasteiger partial charge in [-0.1, -0.05) is 42.5 Å². The van der Waals surface area contributed by atoms with Gasteiger partial charge in [-0.05, 0) is 30.2 Å². The number of carbonyl (C=O) groups excluding carboxylic acids is 2. The molecule has 1 N–H and O–H groups in total. The van der Waals surface area contributed by atoms with E-state index in [0.717, 1.165) is 16.8 Å². The van der Waals surface area contributed by atoms with Crippen LogP contribution in [0.1, 0.15) is 22.8 Å². The van der Waals surface area contributed by atoms with Crippen molar-refractivity contribution in [3.8, 4) is 0 Å². The minimum Gasteiger partial charge on any atom is -0.352 e. The molecule has 3 nitrogen and oxygen atoms in total. The molecule has 0 aromatic heterocycles. The standard InChI is InChI=1S/C17H13NO2/c1-11-13-9-5-6-10-14(13)16(19)17(20)15(11)18-12-7-3-2-4-8-12/h2-10,18H,1H3. The number of nitrogens with one attached hydrogen (secondary N) is 1. The van der Waals surface area contributed by atoms with Gasteiger partial charge in [-0.25, -0.2) is 0 Å². The molecule has 0 amide bonds. The van der Waals surface area contributed by atoms with Gasteiger partial charge in [0.1, 0.15) is 0 Å². The Hall–Kier alpha value is -2.68. The Bertz CT molecular complexity index is 730. The molecule has 0 heterocycles. The van der Waals surface area contributed by atoms with Crippen LogP contribution in [0.3, 0.4) is 0 Å². The van der Waals surface area contributed by atoms with E-state index in [0.29, 0.717) is 11.3 Å². The van der Waals surface area contributed by atoms with Crippen molar-refractivity contribution in [2.75, 3.05) is 5.32 Å². The van der Waals surface area contributed by atoms with Gasteiger partial charge in [-0.3, -0.25) is 9.59 Å². The van der Waals surface area contributed by atoms with Gasteiger partial charge in [-0.15, -0.1) is 0 Å². The number of hydrogen-bond acceptors (Lipinski definition) is 3. The third-order valence-corrected chi connectivity index (χ3v) is 3.43. The predicted octanol–water partition coefficient (Wildman–Crippen LogP) is 3.30. The first-order valence-corrected chi connectivity index (χ1v) is 6.40. The number of hydrogen-bond donors (Lipinski definition) is 1. The first kappa shape index (κ1) is 12.4. The highest BCUT2D eigenvalue weighted by atomic mass is 16.2. The summed E-state index contributed by atoms with van der Waals surface area (Å²) in [5, 5.41) is 3.06. The highest BCUT2D eigenvalue weighted by Gasteiger charge is 2.30. The molecule has 2 aromatic rings. The lowest BCUT2D eigenvalue weighted by Crippen LogP contribution is -2.27. The third kappa shape index (κ3) is 1.93. The average Bonchev–Trinajstić information content (AvgIpc) is 2.50. The van der Waals surface area contributed by atoms with E-state index in [4.69, 9.17) is 0 Å². The zero-order chi connectivity index (χ0) is 14.1. The molecule has 0 fully saturated rings. The topological polar surface area (TPSA) is 46.2 Å². The molecule has 0 saturated heterocycles. The molecule has 0 unspecified atom stereocenters. The van der Waals surface area contributed by atoms with Crippen molar-refractivity contribution in [1.82, 2.24) is 0 Å². The summed E-state index contributed by atoms with van der Waals surface area (Å²) in [7, 11) is 0. The van der Waals surface area contributed by atoms with Crippen molar-refractivity contribution in [2.45, 2.75) is 6.92 Å². The van der Waals surface area contributed by atoms with Gasteiger partial charge in [0.2, 0.25) is 11.6 Å². The van der Waals surface area contributed by atoms with Crippen LogP contribution < -0.4 is 5.32 Å². The van der Waals surface area contributed by atoms with Gasteiger partial charge < -0.3 is 5.32 Å². The van der Waals surface area contributed by atoms with Crippen LogP contribution in [0.15, 0.2) is 60.3 Å². The Morgan fingerprint density at radius 2 is 1.35 bits per heavy atom. The molecule has 1 aliphatic rings. The van der Waals surface area contributed by atoms with Crippen molar-refractivity contribution in [2.24, 2.45) is 0 Å². The van der Waals surface area contributed by atoms with Gasteiger partial charge in [0.15, 0.2) is 0 Å². The van der Waals surface area contributed by atoms with Crippen molar-refractivity contribution in [1.29, 1.82) is 0 Å². The Labute approximate surface area is 116 Å². The van der Waals surface area contributed by atoms with E-state index in [2.05, 4.69) is 5.32 Å². The van der Waals surface area contributed by atoms with Crippen molar-refractivity contribution in [3.05, 3.63) is 71.4 Å². The van der Waals surface area contributed by atoms with Crippen LogP contribution in [-0.2, 0) is 4.79 Å². The zero-order valence-electron chi connectivity index (χ0n) is 11.0. The Kier molecular flexibility index (Phi) is 2.95. The van der Waals surface area contributed by atoms with E-state index in [1.807, 2.05) is 49.4 Å². The van der Waals surface area contributed by atoms with Crippen LogP contribution in [0.2, 0.25) is 0 Å². The molecule has 1 aliphatic carbocycles. The van der Waals surface area contributed by atoms with Gasteiger partial charge in [0.25, 0.3) is 0 Å². The molecule has 20 heavy (non-hydrogen) atoms. The van der Waals surface area contributed by atoms with E-state index in [9.17, 15) is 9.59 Å². The summed E-state index contributed by atoms with van der Waals surface area (Å²) >= 11 is 0. The number of fused-ring (bicyclic) bond motifs is 1. The number of Topliss-reactive ketones (excluding diaryl/α,β-unsaturated/α-hetero) is 2. The molecule has 0 aliphatic heterocycles. The number of ketones is 2. The average molecular weight is 263 g/mol. The van der Waals surface area contributed by atoms with Gasteiger partial charge in [0, 0.05) is 11.3 Å². The second kappa shape index (κ2) is 4.78. The van der Waals surface area contributed by atoms with Gasteiger partial charge in [0.05, 0.1) is 5.70 Å². The van der Waals surface area contributed by atoms with Gasteiger partial charge in [-0.2, -0.15) is 0 Å². The summed E-state index contributed by atoms with van der Waals surface area (Å²) in [4.78, 5) is 24.4. The summed E-state index contributed by atoms with van der Waals surface area (Å²) in [5.74, 6) is -0.935. The molecule has 98 valence electrons. The van der Waals surface area contributed by atoms with E-state index < -0.39 is 11.6 Å². The molecule has 3 rings (SSSR count).